The molecule has 11 heteroatoms. The van der Waals surface area contributed by atoms with E-state index in [2.05, 4.69) is 10.1 Å². The fraction of sp³-hybridized carbons (Fsp3) is 0.571. The van der Waals surface area contributed by atoms with Crippen LogP contribution in [0.15, 0.2) is 18.2 Å². The lowest BCUT2D eigenvalue weighted by Gasteiger charge is -2.33. The monoisotopic (exact) mass is 476 g/mol. The van der Waals surface area contributed by atoms with Gasteiger partial charge in [-0.1, -0.05) is 11.6 Å². The van der Waals surface area contributed by atoms with E-state index in [9.17, 15) is 22.4 Å². The van der Waals surface area contributed by atoms with Crippen molar-refractivity contribution < 1.29 is 27.1 Å². The van der Waals surface area contributed by atoms with E-state index < -0.39 is 30.1 Å². The fourth-order valence-corrected chi connectivity index (χ4v) is 3.71. The predicted octanol–water partition coefficient (Wildman–Crippen LogP) is 5.67. The van der Waals surface area contributed by atoms with Crippen LogP contribution in [0.2, 0.25) is 5.02 Å². The topological polar surface area (TPSA) is 60.2 Å². The molecule has 0 radical (unpaired) electrons. The van der Waals surface area contributed by atoms with Gasteiger partial charge in [-0.25, -0.2) is 18.9 Å². The molecule has 1 fully saturated rings. The normalized spacial score (nSPS) is 15.8. The van der Waals surface area contributed by atoms with Crippen LogP contribution in [0, 0.1) is 5.82 Å². The molecule has 1 amide bonds. The average molecular weight is 477 g/mol. The number of ether oxygens (including phenoxy) is 1. The highest BCUT2D eigenvalue weighted by Gasteiger charge is 2.32. The first kappa shape index (κ1) is 24.3. The summed E-state index contributed by atoms with van der Waals surface area (Å²) in [7, 11) is 0. The summed E-state index contributed by atoms with van der Waals surface area (Å²) in [5, 5.41) is 4.36. The zero-order valence-corrected chi connectivity index (χ0v) is 18.8. The Morgan fingerprint density at radius 3 is 2.41 bits per heavy atom. The van der Waals surface area contributed by atoms with E-state index in [1.165, 1.54) is 16.8 Å². The molecule has 2 heterocycles. The summed E-state index contributed by atoms with van der Waals surface area (Å²) in [6, 6.07) is 3.81. The van der Waals surface area contributed by atoms with Crippen LogP contribution in [-0.4, -0.2) is 50.6 Å². The van der Waals surface area contributed by atoms with Crippen molar-refractivity contribution in [2.45, 2.75) is 64.1 Å². The van der Waals surface area contributed by atoms with Crippen molar-refractivity contribution in [3.05, 3.63) is 40.7 Å². The Balaban J connectivity index is 1.83. The predicted molar refractivity (Wildman–Crippen MR) is 110 cm³/mol. The lowest BCUT2D eigenvalue weighted by atomic mass is 9.96. The molecule has 1 aliphatic rings. The van der Waals surface area contributed by atoms with Crippen molar-refractivity contribution in [2.24, 2.45) is 0 Å². The first-order valence-corrected chi connectivity index (χ1v) is 10.7. The first-order valence-electron chi connectivity index (χ1n) is 10.3. The van der Waals surface area contributed by atoms with E-state index in [0.29, 0.717) is 31.8 Å². The quantitative estimate of drug-likeness (QED) is 0.533. The van der Waals surface area contributed by atoms with Crippen molar-refractivity contribution in [1.82, 2.24) is 19.7 Å². The van der Waals surface area contributed by atoms with Gasteiger partial charge in [-0.3, -0.25) is 0 Å². The van der Waals surface area contributed by atoms with Crippen LogP contribution in [0.4, 0.5) is 22.4 Å². The van der Waals surface area contributed by atoms with E-state index in [0.717, 1.165) is 6.07 Å². The molecule has 1 aromatic carbocycles. The van der Waals surface area contributed by atoms with Gasteiger partial charge in [0.1, 0.15) is 17.2 Å². The minimum Gasteiger partial charge on any atom is -0.444 e. The minimum absolute atomic E-state index is 0.0206. The van der Waals surface area contributed by atoms with Crippen molar-refractivity contribution in [1.29, 1.82) is 0 Å². The smallest absolute Gasteiger partial charge is 0.410 e. The largest absolute Gasteiger partial charge is 0.444 e. The maximum Gasteiger partial charge on any atom is 0.410 e. The second-order valence-electron chi connectivity index (χ2n) is 8.78. The van der Waals surface area contributed by atoms with Crippen molar-refractivity contribution in [2.75, 3.05) is 13.1 Å². The van der Waals surface area contributed by atoms with Crippen LogP contribution >= 0.6 is 11.6 Å². The summed E-state index contributed by atoms with van der Waals surface area (Å²) in [6.07, 6.45) is -5.17. The van der Waals surface area contributed by atoms with Gasteiger partial charge in [-0.15, -0.1) is 0 Å². The Bertz CT molecular complexity index is 943. The molecule has 0 spiro atoms. The molecule has 0 bridgehead atoms. The molecule has 0 atom stereocenters. The van der Waals surface area contributed by atoms with Crippen LogP contribution in [0.3, 0.4) is 0 Å². The van der Waals surface area contributed by atoms with E-state index in [1.54, 1.807) is 25.7 Å². The zero-order valence-electron chi connectivity index (χ0n) is 18.0. The summed E-state index contributed by atoms with van der Waals surface area (Å²) in [6.45, 7) is 6.15. The number of aromatic nitrogens is 3. The summed E-state index contributed by atoms with van der Waals surface area (Å²) in [5.74, 6) is -0.326. The number of hydrogen-bond acceptors (Lipinski definition) is 4. The number of halogens is 5. The number of aryl methyl sites for hydroxylation is 1. The van der Waals surface area contributed by atoms with E-state index in [4.69, 9.17) is 16.3 Å². The Morgan fingerprint density at radius 1 is 1.19 bits per heavy atom. The highest BCUT2D eigenvalue weighted by molar-refractivity contribution is 6.30. The number of hydrogen-bond donors (Lipinski definition) is 0. The van der Waals surface area contributed by atoms with Gasteiger partial charge in [0.2, 0.25) is 0 Å². The van der Waals surface area contributed by atoms with Crippen LogP contribution in [-0.2, 0) is 11.2 Å². The van der Waals surface area contributed by atoms with Crippen LogP contribution < -0.4 is 0 Å². The molecular weight excluding hydrogens is 452 g/mol. The molecule has 0 aliphatic carbocycles. The maximum atomic E-state index is 13.9. The number of amides is 1. The fourth-order valence-electron chi connectivity index (χ4n) is 3.49. The van der Waals surface area contributed by atoms with Gasteiger partial charge in [-0.05, 0) is 51.8 Å². The number of nitrogens with zero attached hydrogens (tertiary/aromatic N) is 4. The van der Waals surface area contributed by atoms with Gasteiger partial charge in [0.25, 0.3) is 0 Å². The third kappa shape index (κ3) is 6.57. The van der Waals surface area contributed by atoms with E-state index >= 15 is 0 Å². The Kier molecular flexibility index (Phi) is 7.02. The number of rotatable bonds is 4. The molecule has 0 unspecified atom stereocenters. The highest BCUT2D eigenvalue weighted by atomic mass is 35.5. The lowest BCUT2D eigenvalue weighted by Crippen LogP contribution is -2.41. The zero-order chi connectivity index (χ0) is 23.7. The molecule has 176 valence electrons. The van der Waals surface area contributed by atoms with E-state index in [-0.39, 0.29) is 28.9 Å². The lowest BCUT2D eigenvalue weighted by molar-refractivity contribution is -0.134. The van der Waals surface area contributed by atoms with Gasteiger partial charge >= 0.3 is 12.3 Å². The highest BCUT2D eigenvalue weighted by Crippen LogP contribution is 2.31. The Morgan fingerprint density at radius 2 is 1.84 bits per heavy atom. The minimum atomic E-state index is -4.34. The molecule has 1 saturated heterocycles. The molecule has 0 N–H and O–H groups in total. The second-order valence-corrected chi connectivity index (χ2v) is 9.22. The second kappa shape index (κ2) is 9.25. The molecule has 32 heavy (non-hydrogen) atoms. The SMILES string of the molecule is CC(C)(C)OC(=O)N1CCC(c2nc(CCC(F)(F)F)nn2-c2cc(F)cc(Cl)c2)CC1. The molecule has 3 rings (SSSR count). The van der Waals surface area contributed by atoms with Crippen molar-refractivity contribution in [3.63, 3.8) is 0 Å². The van der Waals surface area contributed by atoms with Gasteiger partial charge < -0.3 is 9.64 Å². The summed E-state index contributed by atoms with van der Waals surface area (Å²) >= 11 is 5.96. The van der Waals surface area contributed by atoms with Crippen LogP contribution in [0.25, 0.3) is 5.69 Å². The molecule has 6 nitrogen and oxygen atoms in total. The number of alkyl halides is 3. The van der Waals surface area contributed by atoms with E-state index in [1.807, 2.05) is 0 Å². The molecular formula is C21H25ClF4N4O2. The first-order chi connectivity index (χ1) is 14.8. The van der Waals surface area contributed by atoms with Crippen molar-refractivity contribution in [3.8, 4) is 5.69 Å². The number of benzene rings is 1. The van der Waals surface area contributed by atoms with Gasteiger partial charge in [-0.2, -0.15) is 18.3 Å². The van der Waals surface area contributed by atoms with Gasteiger partial charge in [0.15, 0.2) is 5.82 Å². The molecule has 1 aromatic heterocycles. The summed E-state index contributed by atoms with van der Waals surface area (Å²) in [4.78, 5) is 18.3. The number of carbonyl (C=O) groups excluding carboxylic acids is 1. The summed E-state index contributed by atoms with van der Waals surface area (Å²) < 4.78 is 58.7. The third-order valence-electron chi connectivity index (χ3n) is 4.91. The number of carbonyl (C=O) groups is 1. The molecule has 0 saturated carbocycles. The van der Waals surface area contributed by atoms with Crippen LogP contribution in [0.1, 0.15) is 57.6 Å². The van der Waals surface area contributed by atoms with Gasteiger partial charge in [0.05, 0.1) is 12.1 Å². The molecule has 2 aromatic rings. The van der Waals surface area contributed by atoms with Crippen molar-refractivity contribution >= 4 is 17.7 Å². The number of likely N-dealkylation sites (tertiary alicyclic amines) is 1. The average Bonchev–Trinajstić information content (AvgIpc) is 3.08. The standard InChI is InChI=1S/C21H25ClF4N4O2/c1-20(2,3)32-19(31)29-8-5-13(6-9-29)18-27-17(4-7-21(24,25)26)28-30(18)16-11-14(22)10-15(23)12-16/h10-13H,4-9H2,1-3H3. The van der Waals surface area contributed by atoms with Gasteiger partial charge in [0, 0.05) is 30.5 Å². The maximum absolute atomic E-state index is 13.9. The Labute approximate surface area is 188 Å². The number of piperidine rings is 1. The third-order valence-corrected chi connectivity index (χ3v) is 5.13. The molecule has 1 aliphatic heterocycles. The van der Waals surface area contributed by atoms with Crippen LogP contribution in [0.5, 0.6) is 0 Å². The Hall–Kier alpha value is -2.36. The summed E-state index contributed by atoms with van der Waals surface area (Å²) in [5.41, 5.74) is -0.330.